The first kappa shape index (κ1) is 10.1. The van der Waals surface area contributed by atoms with Crippen LogP contribution in [0.5, 0.6) is 0 Å². The molecule has 1 rings (SSSR count). The minimum atomic E-state index is -0.316. The van der Waals surface area contributed by atoms with Gasteiger partial charge in [-0.25, -0.2) is 4.79 Å². The van der Waals surface area contributed by atoms with E-state index in [2.05, 4.69) is 24.4 Å². The summed E-state index contributed by atoms with van der Waals surface area (Å²) in [6.45, 7) is 5.04. The lowest BCUT2D eigenvalue weighted by atomic mass is 9.90. The first-order valence-corrected chi connectivity index (χ1v) is 4.74. The van der Waals surface area contributed by atoms with E-state index in [1.807, 2.05) is 0 Å². The van der Waals surface area contributed by atoms with Gasteiger partial charge in [-0.1, -0.05) is 19.1 Å². The van der Waals surface area contributed by atoms with E-state index < -0.39 is 0 Å². The Balaban J connectivity index is 2.25. The molecule has 0 aromatic carbocycles. The number of carbonyl (C=O) groups excluding carboxylic acids is 1. The minimum Gasteiger partial charge on any atom is -0.450 e. The zero-order chi connectivity index (χ0) is 9.73. The molecule has 0 aliphatic heterocycles. The van der Waals surface area contributed by atoms with Crippen LogP contribution in [0.2, 0.25) is 0 Å². The smallest absolute Gasteiger partial charge is 0.407 e. The van der Waals surface area contributed by atoms with Crippen LogP contribution in [0.15, 0.2) is 12.2 Å². The van der Waals surface area contributed by atoms with Crippen molar-refractivity contribution in [2.24, 2.45) is 5.41 Å². The van der Waals surface area contributed by atoms with Crippen LogP contribution in [0.4, 0.5) is 4.79 Å². The number of nitrogens with one attached hydrogen (secondary N) is 1. The predicted molar refractivity (Wildman–Crippen MR) is 51.5 cm³/mol. The second-order valence-corrected chi connectivity index (χ2v) is 3.67. The molecule has 13 heavy (non-hydrogen) atoms. The maximum absolute atomic E-state index is 11.0. The topological polar surface area (TPSA) is 38.3 Å². The highest BCUT2D eigenvalue weighted by Gasteiger charge is 2.24. The summed E-state index contributed by atoms with van der Waals surface area (Å²) in [5, 5.41) is 2.75. The van der Waals surface area contributed by atoms with Crippen LogP contribution >= 0.6 is 0 Å². The van der Waals surface area contributed by atoms with Crippen molar-refractivity contribution >= 4 is 6.09 Å². The molecule has 0 radical (unpaired) electrons. The van der Waals surface area contributed by atoms with E-state index in [9.17, 15) is 4.79 Å². The van der Waals surface area contributed by atoms with Gasteiger partial charge >= 0.3 is 6.09 Å². The summed E-state index contributed by atoms with van der Waals surface area (Å²) in [6, 6.07) is 0. The van der Waals surface area contributed by atoms with Crippen molar-refractivity contribution in [2.75, 3.05) is 13.2 Å². The quantitative estimate of drug-likeness (QED) is 0.680. The molecular formula is C10H17NO2. The fourth-order valence-electron chi connectivity index (χ4n) is 1.47. The van der Waals surface area contributed by atoms with E-state index in [0.29, 0.717) is 13.2 Å². The number of carbonyl (C=O) groups is 1. The van der Waals surface area contributed by atoms with Crippen molar-refractivity contribution in [1.82, 2.24) is 5.32 Å². The van der Waals surface area contributed by atoms with E-state index >= 15 is 0 Å². The zero-order valence-electron chi connectivity index (χ0n) is 8.30. The average molecular weight is 183 g/mol. The zero-order valence-corrected chi connectivity index (χ0v) is 8.30. The van der Waals surface area contributed by atoms with Crippen LogP contribution in [-0.2, 0) is 4.74 Å². The van der Waals surface area contributed by atoms with E-state index in [1.54, 1.807) is 6.92 Å². The normalized spacial score (nSPS) is 26.0. The maximum Gasteiger partial charge on any atom is 0.407 e. The van der Waals surface area contributed by atoms with E-state index in [1.165, 1.54) is 0 Å². The van der Waals surface area contributed by atoms with E-state index in [4.69, 9.17) is 4.74 Å². The van der Waals surface area contributed by atoms with Gasteiger partial charge in [-0.3, -0.25) is 0 Å². The summed E-state index contributed by atoms with van der Waals surface area (Å²) < 4.78 is 4.77. The largest absolute Gasteiger partial charge is 0.450 e. The molecule has 0 spiro atoms. The van der Waals surface area contributed by atoms with Gasteiger partial charge in [-0.05, 0) is 19.8 Å². The number of hydrogen-bond acceptors (Lipinski definition) is 2. The first-order valence-electron chi connectivity index (χ1n) is 4.74. The molecule has 3 heteroatoms. The van der Waals surface area contributed by atoms with Gasteiger partial charge in [-0.2, -0.15) is 0 Å². The van der Waals surface area contributed by atoms with Crippen molar-refractivity contribution in [3.8, 4) is 0 Å². The fourth-order valence-corrected chi connectivity index (χ4v) is 1.47. The molecule has 0 saturated carbocycles. The van der Waals surface area contributed by atoms with E-state index in [0.717, 1.165) is 12.8 Å². The molecule has 1 aliphatic rings. The van der Waals surface area contributed by atoms with Crippen molar-refractivity contribution < 1.29 is 9.53 Å². The molecule has 1 N–H and O–H groups in total. The summed E-state index contributed by atoms with van der Waals surface area (Å²) in [6.07, 6.45) is 6.23. The highest BCUT2D eigenvalue weighted by atomic mass is 16.5. The SMILES string of the molecule is CCOC(=O)NC[C@@]1(C)C=CCC1. The maximum atomic E-state index is 11.0. The monoisotopic (exact) mass is 183 g/mol. The van der Waals surface area contributed by atoms with Crippen molar-refractivity contribution in [2.45, 2.75) is 26.7 Å². The Morgan fingerprint density at radius 3 is 3.00 bits per heavy atom. The standard InChI is InChI=1S/C10H17NO2/c1-3-13-9(12)11-8-10(2)6-4-5-7-10/h4,6H,3,5,7-8H2,1-2H3,(H,11,12)/t10-/m0/s1. The van der Waals surface area contributed by atoms with Gasteiger partial charge in [0.05, 0.1) is 6.61 Å². The Hall–Kier alpha value is -0.990. The van der Waals surface area contributed by atoms with Gasteiger partial charge in [0.15, 0.2) is 0 Å². The second kappa shape index (κ2) is 4.30. The second-order valence-electron chi connectivity index (χ2n) is 3.67. The van der Waals surface area contributed by atoms with Crippen molar-refractivity contribution in [1.29, 1.82) is 0 Å². The molecule has 0 saturated heterocycles. The third-order valence-electron chi connectivity index (χ3n) is 2.31. The summed E-state index contributed by atoms with van der Waals surface area (Å²) in [7, 11) is 0. The van der Waals surface area contributed by atoms with Crippen LogP contribution in [0.1, 0.15) is 26.7 Å². The fraction of sp³-hybridized carbons (Fsp3) is 0.700. The Bertz CT molecular complexity index is 213. The van der Waals surface area contributed by atoms with Crippen LogP contribution < -0.4 is 5.32 Å². The predicted octanol–water partition coefficient (Wildman–Crippen LogP) is 2.09. The lowest BCUT2D eigenvalue weighted by Crippen LogP contribution is -2.33. The van der Waals surface area contributed by atoms with E-state index in [-0.39, 0.29) is 11.5 Å². The number of hydrogen-bond donors (Lipinski definition) is 1. The molecule has 1 aliphatic carbocycles. The van der Waals surface area contributed by atoms with Gasteiger partial charge in [0.1, 0.15) is 0 Å². The molecule has 3 nitrogen and oxygen atoms in total. The summed E-state index contributed by atoms with van der Waals surface area (Å²) in [5.74, 6) is 0. The molecule has 0 heterocycles. The number of amides is 1. The van der Waals surface area contributed by atoms with Crippen LogP contribution in [0.25, 0.3) is 0 Å². The number of ether oxygens (including phenoxy) is 1. The van der Waals surface area contributed by atoms with Crippen molar-refractivity contribution in [3.05, 3.63) is 12.2 Å². The van der Waals surface area contributed by atoms with Gasteiger partial charge in [0, 0.05) is 12.0 Å². The number of alkyl carbamates (subject to hydrolysis) is 1. The highest BCUT2D eigenvalue weighted by Crippen LogP contribution is 2.30. The molecule has 0 bridgehead atoms. The summed E-state index contributed by atoms with van der Waals surface area (Å²) >= 11 is 0. The third kappa shape index (κ3) is 3.09. The highest BCUT2D eigenvalue weighted by molar-refractivity contribution is 5.67. The lowest BCUT2D eigenvalue weighted by molar-refractivity contribution is 0.148. The molecule has 0 fully saturated rings. The van der Waals surface area contributed by atoms with Gasteiger partial charge in [-0.15, -0.1) is 0 Å². The Kier molecular flexibility index (Phi) is 3.34. The van der Waals surface area contributed by atoms with Gasteiger partial charge in [0.2, 0.25) is 0 Å². The first-order chi connectivity index (χ1) is 6.16. The van der Waals surface area contributed by atoms with Crippen LogP contribution in [0.3, 0.4) is 0 Å². The van der Waals surface area contributed by atoms with Gasteiger partial charge in [0.25, 0.3) is 0 Å². The van der Waals surface area contributed by atoms with Crippen molar-refractivity contribution in [3.63, 3.8) is 0 Å². The third-order valence-corrected chi connectivity index (χ3v) is 2.31. The average Bonchev–Trinajstić information content (AvgIpc) is 2.51. The molecule has 0 unspecified atom stereocenters. The molecule has 0 aromatic heterocycles. The Labute approximate surface area is 79.2 Å². The molecule has 1 atom stereocenters. The van der Waals surface area contributed by atoms with Gasteiger partial charge < -0.3 is 10.1 Å². The number of allylic oxidation sites excluding steroid dienone is 1. The molecule has 0 aromatic rings. The molecule has 1 amide bonds. The minimum absolute atomic E-state index is 0.132. The Morgan fingerprint density at radius 2 is 2.46 bits per heavy atom. The number of rotatable bonds is 3. The molecular weight excluding hydrogens is 166 g/mol. The summed E-state index contributed by atoms with van der Waals surface area (Å²) in [5.41, 5.74) is 0.132. The molecule has 74 valence electrons. The summed E-state index contributed by atoms with van der Waals surface area (Å²) in [4.78, 5) is 11.0. The van der Waals surface area contributed by atoms with Crippen LogP contribution in [-0.4, -0.2) is 19.2 Å². The van der Waals surface area contributed by atoms with Crippen LogP contribution in [0, 0.1) is 5.41 Å². The Morgan fingerprint density at radius 1 is 1.69 bits per heavy atom. The lowest BCUT2D eigenvalue weighted by Gasteiger charge is -2.21.